The highest BCUT2D eigenvalue weighted by Gasteiger charge is 2.37. The number of likely N-dealkylation sites (tertiary alicyclic amines) is 1. The van der Waals surface area contributed by atoms with E-state index in [9.17, 15) is 9.59 Å². The van der Waals surface area contributed by atoms with Crippen molar-refractivity contribution in [1.82, 2.24) is 9.80 Å². The fraction of sp³-hybridized carbons (Fsp3) is 0.556. The van der Waals surface area contributed by atoms with E-state index in [2.05, 4.69) is 0 Å². The van der Waals surface area contributed by atoms with Gasteiger partial charge >= 0.3 is 6.03 Å². The van der Waals surface area contributed by atoms with Crippen molar-refractivity contribution >= 4 is 11.8 Å². The Morgan fingerprint density at radius 3 is 2.61 bits per heavy atom. The van der Waals surface area contributed by atoms with Crippen LogP contribution in [0, 0.1) is 13.8 Å². The normalized spacial score (nSPS) is 21.6. The van der Waals surface area contributed by atoms with Crippen LogP contribution in [0.5, 0.6) is 0 Å². The second kappa shape index (κ2) is 6.71. The highest BCUT2D eigenvalue weighted by molar-refractivity contribution is 6.03. The molecule has 1 aromatic rings. The largest absolute Gasteiger partial charge is 0.378 e. The third-order valence-electron chi connectivity index (χ3n) is 4.74. The van der Waals surface area contributed by atoms with Gasteiger partial charge in [-0.3, -0.25) is 4.79 Å². The first-order valence-corrected chi connectivity index (χ1v) is 8.32. The summed E-state index contributed by atoms with van der Waals surface area (Å²) in [5.74, 6) is 0.0744. The Morgan fingerprint density at radius 1 is 1.13 bits per heavy atom. The Hall–Kier alpha value is -1.88. The standard InChI is InChI=1S/C18H24N2O3/c1-13-5-6-14(2)15(12-13)17(21)16-4-3-7-20(16)18(22)19-8-10-23-11-9-19/h5-6,12,16H,3-4,7-11H2,1-2H3. The molecule has 2 saturated heterocycles. The second-order valence-corrected chi connectivity index (χ2v) is 6.42. The Morgan fingerprint density at radius 2 is 1.87 bits per heavy atom. The van der Waals surface area contributed by atoms with Crippen molar-refractivity contribution < 1.29 is 14.3 Å². The van der Waals surface area contributed by atoms with Crippen molar-refractivity contribution in [2.75, 3.05) is 32.8 Å². The monoisotopic (exact) mass is 316 g/mol. The summed E-state index contributed by atoms with van der Waals surface area (Å²) < 4.78 is 5.31. The zero-order valence-corrected chi connectivity index (χ0v) is 13.9. The van der Waals surface area contributed by atoms with E-state index in [1.165, 1.54) is 0 Å². The van der Waals surface area contributed by atoms with Crippen molar-refractivity contribution in [3.63, 3.8) is 0 Å². The first-order valence-electron chi connectivity index (χ1n) is 8.32. The number of morpholine rings is 1. The van der Waals surface area contributed by atoms with Gasteiger partial charge in [0.1, 0.15) is 0 Å². The summed E-state index contributed by atoms with van der Waals surface area (Å²) in [6.07, 6.45) is 1.64. The summed E-state index contributed by atoms with van der Waals surface area (Å²) >= 11 is 0. The van der Waals surface area contributed by atoms with Crippen molar-refractivity contribution in [3.05, 3.63) is 34.9 Å². The molecule has 0 spiro atoms. The number of benzene rings is 1. The van der Waals surface area contributed by atoms with Crippen LogP contribution in [-0.2, 0) is 4.74 Å². The van der Waals surface area contributed by atoms with E-state index in [0.29, 0.717) is 32.8 Å². The third kappa shape index (κ3) is 3.24. The van der Waals surface area contributed by atoms with Gasteiger partial charge in [0.15, 0.2) is 5.78 Å². The summed E-state index contributed by atoms with van der Waals surface area (Å²) in [5.41, 5.74) is 2.80. The number of ketones is 1. The minimum atomic E-state index is -0.328. The average Bonchev–Trinajstić information content (AvgIpc) is 3.06. The molecule has 2 aliphatic heterocycles. The van der Waals surface area contributed by atoms with E-state index in [0.717, 1.165) is 29.5 Å². The lowest BCUT2D eigenvalue weighted by atomic mass is 9.96. The molecule has 0 aromatic heterocycles. The molecule has 1 atom stereocenters. The molecule has 0 saturated carbocycles. The Labute approximate surface area is 137 Å². The average molecular weight is 316 g/mol. The number of aryl methyl sites for hydroxylation is 2. The molecule has 124 valence electrons. The summed E-state index contributed by atoms with van der Waals surface area (Å²) in [5, 5.41) is 0. The molecule has 0 bridgehead atoms. The van der Waals surface area contributed by atoms with Gasteiger partial charge in [-0.05, 0) is 38.3 Å². The Kier molecular flexibility index (Phi) is 4.66. The van der Waals surface area contributed by atoms with E-state index >= 15 is 0 Å². The van der Waals surface area contributed by atoms with Gasteiger partial charge in [-0.1, -0.05) is 17.7 Å². The number of hydrogen-bond donors (Lipinski definition) is 0. The van der Waals surface area contributed by atoms with Crippen LogP contribution in [0.1, 0.15) is 34.3 Å². The lowest BCUT2D eigenvalue weighted by Crippen LogP contribution is -2.51. The number of rotatable bonds is 2. The van der Waals surface area contributed by atoms with Crippen LogP contribution >= 0.6 is 0 Å². The molecule has 0 aliphatic carbocycles. The number of Topliss-reactive ketones (excluding diaryl/α,β-unsaturated/α-hetero) is 1. The minimum Gasteiger partial charge on any atom is -0.378 e. The molecule has 23 heavy (non-hydrogen) atoms. The molecule has 3 rings (SSSR count). The zero-order valence-electron chi connectivity index (χ0n) is 13.9. The van der Waals surface area contributed by atoms with Crippen molar-refractivity contribution in [3.8, 4) is 0 Å². The predicted molar refractivity (Wildman–Crippen MR) is 87.8 cm³/mol. The minimum absolute atomic E-state index is 0.0190. The predicted octanol–water partition coefficient (Wildman–Crippen LogP) is 2.40. The summed E-state index contributed by atoms with van der Waals surface area (Å²) in [4.78, 5) is 29.3. The lowest BCUT2D eigenvalue weighted by molar-refractivity contribution is 0.0415. The maximum atomic E-state index is 13.0. The van der Waals surface area contributed by atoms with Gasteiger partial charge in [0.2, 0.25) is 0 Å². The SMILES string of the molecule is Cc1ccc(C)c(C(=O)C2CCCN2C(=O)N2CCOCC2)c1. The molecule has 2 fully saturated rings. The van der Waals surface area contributed by atoms with Crippen LogP contribution in [0.25, 0.3) is 0 Å². The number of hydrogen-bond acceptors (Lipinski definition) is 3. The van der Waals surface area contributed by atoms with Crippen LogP contribution < -0.4 is 0 Å². The van der Waals surface area contributed by atoms with E-state index in [1.54, 1.807) is 9.80 Å². The van der Waals surface area contributed by atoms with Crippen molar-refractivity contribution in [2.45, 2.75) is 32.7 Å². The second-order valence-electron chi connectivity index (χ2n) is 6.42. The number of carbonyl (C=O) groups is 2. The highest BCUT2D eigenvalue weighted by atomic mass is 16.5. The van der Waals surface area contributed by atoms with Gasteiger partial charge in [-0.2, -0.15) is 0 Å². The summed E-state index contributed by atoms with van der Waals surface area (Å²) in [7, 11) is 0. The van der Waals surface area contributed by atoms with Crippen LogP contribution in [0.3, 0.4) is 0 Å². The van der Waals surface area contributed by atoms with E-state index < -0.39 is 0 Å². The van der Waals surface area contributed by atoms with Crippen molar-refractivity contribution in [2.24, 2.45) is 0 Å². The van der Waals surface area contributed by atoms with Crippen LogP contribution in [-0.4, -0.2) is 60.5 Å². The molecule has 2 aliphatic rings. The molecule has 2 heterocycles. The van der Waals surface area contributed by atoms with E-state index in [1.807, 2.05) is 32.0 Å². The van der Waals surface area contributed by atoms with E-state index in [4.69, 9.17) is 4.74 Å². The Bertz CT molecular complexity index is 608. The molecule has 5 nitrogen and oxygen atoms in total. The van der Waals surface area contributed by atoms with Crippen LogP contribution in [0.2, 0.25) is 0 Å². The third-order valence-corrected chi connectivity index (χ3v) is 4.74. The summed E-state index contributed by atoms with van der Waals surface area (Å²) in [6, 6.07) is 5.58. The van der Waals surface area contributed by atoms with Gasteiger partial charge in [-0.25, -0.2) is 4.79 Å². The van der Waals surface area contributed by atoms with Gasteiger partial charge in [-0.15, -0.1) is 0 Å². The quantitative estimate of drug-likeness (QED) is 0.787. The number of ether oxygens (including phenoxy) is 1. The molecule has 1 aromatic carbocycles. The highest BCUT2D eigenvalue weighted by Crippen LogP contribution is 2.25. The van der Waals surface area contributed by atoms with Gasteiger partial charge in [0.05, 0.1) is 19.3 Å². The number of amides is 2. The fourth-order valence-electron chi connectivity index (χ4n) is 3.39. The van der Waals surface area contributed by atoms with Gasteiger partial charge < -0.3 is 14.5 Å². The van der Waals surface area contributed by atoms with Gasteiger partial charge in [0.25, 0.3) is 0 Å². The molecule has 0 radical (unpaired) electrons. The first kappa shape index (κ1) is 16.0. The molecule has 1 unspecified atom stereocenters. The number of nitrogens with zero attached hydrogens (tertiary/aromatic N) is 2. The maximum absolute atomic E-state index is 13.0. The fourth-order valence-corrected chi connectivity index (χ4v) is 3.39. The number of urea groups is 1. The Balaban J connectivity index is 1.79. The number of carbonyl (C=O) groups excluding carboxylic acids is 2. The molecular weight excluding hydrogens is 292 g/mol. The van der Waals surface area contributed by atoms with Gasteiger partial charge in [0, 0.05) is 25.2 Å². The van der Waals surface area contributed by atoms with Crippen LogP contribution in [0.15, 0.2) is 18.2 Å². The molecule has 5 heteroatoms. The smallest absolute Gasteiger partial charge is 0.320 e. The summed E-state index contributed by atoms with van der Waals surface area (Å²) in [6.45, 7) is 6.98. The molecule has 0 N–H and O–H groups in total. The zero-order chi connectivity index (χ0) is 16.4. The maximum Gasteiger partial charge on any atom is 0.320 e. The molecule has 2 amide bonds. The first-order chi connectivity index (χ1) is 11.1. The van der Waals surface area contributed by atoms with Crippen molar-refractivity contribution in [1.29, 1.82) is 0 Å². The lowest BCUT2D eigenvalue weighted by Gasteiger charge is -2.33. The van der Waals surface area contributed by atoms with E-state index in [-0.39, 0.29) is 17.9 Å². The molecular formula is C18H24N2O3. The topological polar surface area (TPSA) is 49.9 Å². The van der Waals surface area contributed by atoms with Crippen LogP contribution in [0.4, 0.5) is 4.79 Å².